The van der Waals surface area contributed by atoms with Crippen molar-refractivity contribution < 1.29 is 4.74 Å². The van der Waals surface area contributed by atoms with E-state index >= 15 is 0 Å². The van der Waals surface area contributed by atoms with Crippen molar-refractivity contribution in [3.8, 4) is 0 Å². The second-order valence-electron chi connectivity index (χ2n) is 5.63. The highest BCUT2D eigenvalue weighted by Crippen LogP contribution is 2.23. The maximum Gasteiger partial charge on any atom is 0.135 e. The molecule has 2 N–H and O–H groups in total. The molecule has 0 amide bonds. The Kier molecular flexibility index (Phi) is 5.11. The van der Waals surface area contributed by atoms with E-state index in [1.165, 1.54) is 0 Å². The molecule has 1 rings (SSSR count). The molecule has 0 bridgehead atoms. The van der Waals surface area contributed by atoms with Gasteiger partial charge in [0.1, 0.15) is 17.5 Å². The van der Waals surface area contributed by atoms with Gasteiger partial charge >= 0.3 is 0 Å². The number of hydrogen-bond acceptors (Lipinski definition) is 5. The molecule has 0 saturated heterocycles. The van der Waals surface area contributed by atoms with Crippen LogP contribution in [0.3, 0.4) is 0 Å². The maximum atomic E-state index is 5.41. The van der Waals surface area contributed by atoms with E-state index in [0.29, 0.717) is 12.5 Å². The zero-order chi connectivity index (χ0) is 14.6. The molecule has 108 valence electrons. The van der Waals surface area contributed by atoms with E-state index in [1.807, 2.05) is 27.8 Å². The van der Waals surface area contributed by atoms with Crippen LogP contribution in [0.2, 0.25) is 0 Å². The van der Waals surface area contributed by atoms with Crippen LogP contribution in [0.15, 0.2) is 0 Å². The number of nitrogens with one attached hydrogen (secondary N) is 2. The van der Waals surface area contributed by atoms with Gasteiger partial charge in [0.25, 0.3) is 0 Å². The lowest BCUT2D eigenvalue weighted by molar-refractivity contribution is 0.0343. The number of hydrogen-bond donors (Lipinski definition) is 2. The number of rotatable bonds is 6. The summed E-state index contributed by atoms with van der Waals surface area (Å²) in [5.74, 6) is 2.88. The fraction of sp³-hybridized carbons (Fsp3) is 0.714. The Morgan fingerprint density at radius 1 is 1.21 bits per heavy atom. The molecule has 5 nitrogen and oxygen atoms in total. The van der Waals surface area contributed by atoms with Crippen LogP contribution in [0, 0.1) is 6.92 Å². The molecule has 0 unspecified atom stereocenters. The third kappa shape index (κ3) is 4.06. The summed E-state index contributed by atoms with van der Waals surface area (Å²) < 4.78 is 5.41. The predicted molar refractivity (Wildman–Crippen MR) is 80.0 cm³/mol. The van der Waals surface area contributed by atoms with Gasteiger partial charge in [-0.3, -0.25) is 0 Å². The van der Waals surface area contributed by atoms with Crippen molar-refractivity contribution in [3.63, 3.8) is 0 Å². The zero-order valence-electron chi connectivity index (χ0n) is 13.1. The molecule has 0 aliphatic heterocycles. The number of ether oxygens (including phenoxy) is 1. The number of nitrogens with zero attached hydrogens (tertiary/aromatic N) is 2. The van der Waals surface area contributed by atoms with E-state index in [2.05, 4.69) is 34.4 Å². The minimum atomic E-state index is -0.227. The summed E-state index contributed by atoms with van der Waals surface area (Å²) in [4.78, 5) is 9.12. The largest absolute Gasteiger partial charge is 0.377 e. The van der Waals surface area contributed by atoms with Crippen LogP contribution in [0.25, 0.3) is 0 Å². The second-order valence-corrected chi connectivity index (χ2v) is 5.63. The normalized spacial score (nSPS) is 11.8. The highest BCUT2D eigenvalue weighted by Gasteiger charge is 2.18. The van der Waals surface area contributed by atoms with E-state index in [1.54, 1.807) is 7.11 Å². The number of methoxy groups -OCH3 is 1. The Morgan fingerprint density at radius 3 is 2.26 bits per heavy atom. The molecular formula is C14H26N4O. The van der Waals surface area contributed by atoms with Crippen molar-refractivity contribution in [2.75, 3.05) is 31.3 Å². The lowest BCUT2D eigenvalue weighted by Gasteiger charge is -2.24. The van der Waals surface area contributed by atoms with Crippen LogP contribution in [0.1, 0.15) is 45.0 Å². The lowest BCUT2D eigenvalue weighted by atomic mass is 10.1. The van der Waals surface area contributed by atoms with E-state index in [-0.39, 0.29) is 5.60 Å². The maximum absolute atomic E-state index is 5.41. The van der Waals surface area contributed by atoms with Crippen LogP contribution >= 0.6 is 0 Å². The average Bonchev–Trinajstić information content (AvgIpc) is 2.37. The van der Waals surface area contributed by atoms with E-state index in [9.17, 15) is 0 Å². The fourth-order valence-corrected chi connectivity index (χ4v) is 1.58. The molecule has 1 aromatic rings. The quantitative estimate of drug-likeness (QED) is 0.829. The van der Waals surface area contributed by atoms with E-state index in [4.69, 9.17) is 4.74 Å². The van der Waals surface area contributed by atoms with Gasteiger partial charge in [-0.2, -0.15) is 0 Å². The Morgan fingerprint density at radius 2 is 1.79 bits per heavy atom. The Labute approximate surface area is 116 Å². The van der Waals surface area contributed by atoms with Gasteiger partial charge in [-0.1, -0.05) is 13.8 Å². The summed E-state index contributed by atoms with van der Waals surface area (Å²) in [6, 6.07) is 0. The van der Waals surface area contributed by atoms with Crippen molar-refractivity contribution >= 4 is 11.6 Å². The highest BCUT2D eigenvalue weighted by molar-refractivity contribution is 5.57. The predicted octanol–water partition coefficient (Wildman–Crippen LogP) is 2.79. The van der Waals surface area contributed by atoms with Gasteiger partial charge in [-0.25, -0.2) is 9.97 Å². The monoisotopic (exact) mass is 266 g/mol. The molecular weight excluding hydrogens is 240 g/mol. The third-order valence-corrected chi connectivity index (χ3v) is 3.15. The molecule has 19 heavy (non-hydrogen) atoms. The summed E-state index contributed by atoms with van der Waals surface area (Å²) in [6.45, 7) is 11.0. The first-order valence-corrected chi connectivity index (χ1v) is 6.66. The lowest BCUT2D eigenvalue weighted by Crippen LogP contribution is -2.32. The van der Waals surface area contributed by atoms with Crippen LogP contribution in [-0.2, 0) is 4.74 Å². The molecule has 0 atom stereocenters. The molecule has 0 aliphatic rings. The minimum Gasteiger partial charge on any atom is -0.377 e. The summed E-state index contributed by atoms with van der Waals surface area (Å²) in [5.41, 5.74) is 0.800. The van der Waals surface area contributed by atoms with Crippen molar-refractivity contribution in [3.05, 3.63) is 11.4 Å². The molecule has 0 aliphatic carbocycles. The molecule has 1 aromatic heterocycles. The van der Waals surface area contributed by atoms with Crippen molar-refractivity contribution in [2.24, 2.45) is 0 Å². The van der Waals surface area contributed by atoms with Gasteiger partial charge in [0.2, 0.25) is 0 Å². The van der Waals surface area contributed by atoms with Crippen LogP contribution in [-0.4, -0.2) is 36.3 Å². The van der Waals surface area contributed by atoms with Gasteiger partial charge < -0.3 is 15.4 Å². The zero-order valence-corrected chi connectivity index (χ0v) is 13.1. The molecule has 5 heteroatoms. The van der Waals surface area contributed by atoms with Gasteiger partial charge in [0, 0.05) is 32.2 Å². The number of anilines is 2. The summed E-state index contributed by atoms with van der Waals surface area (Å²) in [6.07, 6.45) is 0. The fourth-order valence-electron chi connectivity index (χ4n) is 1.58. The van der Waals surface area contributed by atoms with Crippen molar-refractivity contribution in [1.82, 2.24) is 9.97 Å². The molecule has 0 fully saturated rings. The third-order valence-electron chi connectivity index (χ3n) is 3.15. The summed E-state index contributed by atoms with van der Waals surface area (Å²) >= 11 is 0. The molecule has 0 radical (unpaired) electrons. The second kappa shape index (κ2) is 6.19. The first-order chi connectivity index (χ1) is 8.80. The SMILES string of the molecule is CNc1nc(C(C)C)nc(NCC(C)(C)OC)c1C. The standard InChI is InChI=1S/C14H26N4O/c1-9(2)11-17-12(15-6)10(3)13(18-11)16-8-14(4,5)19-7/h9H,8H2,1-7H3,(H2,15,16,17,18). The van der Waals surface area contributed by atoms with Gasteiger partial charge in [0.15, 0.2) is 0 Å². The van der Waals surface area contributed by atoms with E-state index in [0.717, 1.165) is 23.0 Å². The van der Waals surface area contributed by atoms with E-state index < -0.39 is 0 Å². The summed E-state index contributed by atoms with van der Waals surface area (Å²) in [7, 11) is 3.59. The Balaban J connectivity index is 3.02. The highest BCUT2D eigenvalue weighted by atomic mass is 16.5. The Hall–Kier alpha value is -1.36. The minimum absolute atomic E-state index is 0.227. The molecule has 0 aromatic carbocycles. The smallest absolute Gasteiger partial charge is 0.135 e. The number of aromatic nitrogens is 2. The first-order valence-electron chi connectivity index (χ1n) is 6.66. The summed E-state index contributed by atoms with van der Waals surface area (Å²) in [5, 5.41) is 6.48. The van der Waals surface area contributed by atoms with Gasteiger partial charge in [-0.15, -0.1) is 0 Å². The molecule has 0 spiro atoms. The van der Waals surface area contributed by atoms with Crippen LogP contribution < -0.4 is 10.6 Å². The Bertz CT molecular complexity index is 430. The topological polar surface area (TPSA) is 59.1 Å². The molecule has 1 heterocycles. The first kappa shape index (κ1) is 15.7. The van der Waals surface area contributed by atoms with Gasteiger partial charge in [-0.05, 0) is 20.8 Å². The average molecular weight is 266 g/mol. The van der Waals surface area contributed by atoms with Crippen molar-refractivity contribution in [2.45, 2.75) is 46.1 Å². The van der Waals surface area contributed by atoms with Crippen molar-refractivity contribution in [1.29, 1.82) is 0 Å². The van der Waals surface area contributed by atoms with Gasteiger partial charge in [0.05, 0.1) is 5.60 Å². The van der Waals surface area contributed by atoms with Crippen LogP contribution in [0.4, 0.5) is 11.6 Å². The molecule has 0 saturated carbocycles. The van der Waals surface area contributed by atoms with Crippen LogP contribution in [0.5, 0.6) is 0 Å².